The Morgan fingerprint density at radius 2 is 2.20 bits per heavy atom. The molecule has 0 unspecified atom stereocenters. The Kier molecular flexibility index (Phi) is 4.39. The van der Waals surface area contributed by atoms with E-state index >= 15 is 0 Å². The van der Waals surface area contributed by atoms with Crippen LogP contribution in [0.3, 0.4) is 0 Å². The van der Waals surface area contributed by atoms with E-state index in [1.807, 2.05) is 19.2 Å². The normalized spacial score (nSPS) is 10.6. The second-order valence-corrected chi connectivity index (χ2v) is 6.01. The molecule has 0 radical (unpaired) electrons. The lowest BCUT2D eigenvalue weighted by Gasteiger charge is -2.17. The van der Waals surface area contributed by atoms with Gasteiger partial charge in [0.1, 0.15) is 5.01 Å². The van der Waals surface area contributed by atoms with Crippen molar-refractivity contribution in [1.82, 2.24) is 9.88 Å². The van der Waals surface area contributed by atoms with Gasteiger partial charge in [0, 0.05) is 29.4 Å². The molecular weight excluding hydrogens is 270 g/mol. The molecule has 2 rings (SSSR count). The van der Waals surface area contributed by atoms with Crippen LogP contribution in [0.1, 0.15) is 32.7 Å². The molecule has 5 heteroatoms. The van der Waals surface area contributed by atoms with Gasteiger partial charge in [-0.1, -0.05) is 13.0 Å². The van der Waals surface area contributed by atoms with Crippen molar-refractivity contribution in [2.45, 2.75) is 26.8 Å². The number of nitrogens with two attached hydrogens (primary N) is 1. The first kappa shape index (κ1) is 14.5. The largest absolute Gasteiger partial charge is 0.399 e. The van der Waals surface area contributed by atoms with Gasteiger partial charge in [-0.05, 0) is 31.0 Å². The van der Waals surface area contributed by atoms with Crippen LogP contribution >= 0.6 is 11.3 Å². The maximum absolute atomic E-state index is 12.4. The van der Waals surface area contributed by atoms with Gasteiger partial charge in [-0.25, -0.2) is 4.98 Å². The fourth-order valence-electron chi connectivity index (χ4n) is 1.93. The maximum atomic E-state index is 12.4. The number of thiazole rings is 1. The number of hydrogen-bond acceptors (Lipinski definition) is 4. The first-order valence-electron chi connectivity index (χ1n) is 6.56. The standard InChI is InChI=1S/C15H19N3OS/c1-4-12-8-17-14(20-12)9-18(3)15(19)13-7-11(16)6-5-10(13)2/h5-8H,4,9,16H2,1-3H3. The van der Waals surface area contributed by atoms with Crippen molar-refractivity contribution in [3.63, 3.8) is 0 Å². The van der Waals surface area contributed by atoms with E-state index in [1.54, 1.807) is 35.4 Å². The number of carbonyl (C=O) groups excluding carboxylic acids is 1. The Morgan fingerprint density at radius 3 is 2.85 bits per heavy atom. The van der Waals surface area contributed by atoms with Crippen LogP contribution in [0.15, 0.2) is 24.4 Å². The summed E-state index contributed by atoms with van der Waals surface area (Å²) in [7, 11) is 1.79. The molecule has 20 heavy (non-hydrogen) atoms. The molecule has 0 saturated heterocycles. The summed E-state index contributed by atoms with van der Waals surface area (Å²) in [6.07, 6.45) is 2.85. The molecule has 106 valence electrons. The molecule has 0 bridgehead atoms. The zero-order valence-electron chi connectivity index (χ0n) is 12.0. The zero-order chi connectivity index (χ0) is 14.7. The smallest absolute Gasteiger partial charge is 0.254 e. The molecule has 0 aliphatic carbocycles. The van der Waals surface area contributed by atoms with Crippen LogP contribution in [-0.4, -0.2) is 22.8 Å². The zero-order valence-corrected chi connectivity index (χ0v) is 12.8. The number of nitrogen functional groups attached to an aromatic ring is 1. The van der Waals surface area contributed by atoms with Crippen molar-refractivity contribution in [2.75, 3.05) is 12.8 Å². The van der Waals surface area contributed by atoms with E-state index in [4.69, 9.17) is 5.73 Å². The monoisotopic (exact) mass is 289 g/mol. The van der Waals surface area contributed by atoms with E-state index in [0.717, 1.165) is 17.0 Å². The molecule has 1 heterocycles. The molecule has 0 spiro atoms. The number of aromatic nitrogens is 1. The van der Waals surface area contributed by atoms with Crippen molar-refractivity contribution >= 4 is 22.9 Å². The summed E-state index contributed by atoms with van der Waals surface area (Å²) < 4.78 is 0. The number of aryl methyl sites for hydroxylation is 2. The Bertz CT molecular complexity index is 621. The van der Waals surface area contributed by atoms with Crippen LogP contribution in [0, 0.1) is 6.92 Å². The van der Waals surface area contributed by atoms with Gasteiger partial charge >= 0.3 is 0 Å². The van der Waals surface area contributed by atoms with Crippen molar-refractivity contribution < 1.29 is 4.79 Å². The highest BCUT2D eigenvalue weighted by molar-refractivity contribution is 7.11. The van der Waals surface area contributed by atoms with E-state index in [0.29, 0.717) is 17.8 Å². The van der Waals surface area contributed by atoms with Gasteiger partial charge in [-0.3, -0.25) is 4.79 Å². The third kappa shape index (κ3) is 3.17. The van der Waals surface area contributed by atoms with Gasteiger partial charge in [-0.2, -0.15) is 0 Å². The number of amides is 1. The minimum atomic E-state index is -0.0250. The molecule has 0 fully saturated rings. The van der Waals surface area contributed by atoms with Crippen LogP contribution in [0.25, 0.3) is 0 Å². The van der Waals surface area contributed by atoms with Crippen molar-refractivity contribution in [3.8, 4) is 0 Å². The number of nitrogens with zero attached hydrogens (tertiary/aromatic N) is 2. The van der Waals surface area contributed by atoms with Crippen molar-refractivity contribution in [3.05, 3.63) is 45.4 Å². The highest BCUT2D eigenvalue weighted by Crippen LogP contribution is 2.18. The number of anilines is 1. The van der Waals surface area contributed by atoms with Crippen molar-refractivity contribution in [2.24, 2.45) is 0 Å². The van der Waals surface area contributed by atoms with E-state index < -0.39 is 0 Å². The highest BCUT2D eigenvalue weighted by atomic mass is 32.1. The Balaban J connectivity index is 2.14. The van der Waals surface area contributed by atoms with Gasteiger partial charge in [-0.15, -0.1) is 11.3 Å². The molecule has 1 aromatic heterocycles. The maximum Gasteiger partial charge on any atom is 0.254 e. The summed E-state index contributed by atoms with van der Waals surface area (Å²) in [6, 6.07) is 5.41. The summed E-state index contributed by atoms with van der Waals surface area (Å²) in [5.41, 5.74) is 7.95. The summed E-state index contributed by atoms with van der Waals surface area (Å²) in [5, 5.41) is 0.958. The summed E-state index contributed by atoms with van der Waals surface area (Å²) in [6.45, 7) is 4.54. The lowest BCUT2D eigenvalue weighted by atomic mass is 10.1. The van der Waals surface area contributed by atoms with Crippen LogP contribution in [0.4, 0.5) is 5.69 Å². The first-order chi connectivity index (χ1) is 9.51. The Morgan fingerprint density at radius 1 is 1.45 bits per heavy atom. The molecule has 2 aromatic rings. The van der Waals surface area contributed by atoms with Gasteiger partial charge in [0.25, 0.3) is 5.91 Å². The fraction of sp³-hybridized carbons (Fsp3) is 0.333. The van der Waals surface area contributed by atoms with Crippen molar-refractivity contribution in [1.29, 1.82) is 0 Å². The van der Waals surface area contributed by atoms with Gasteiger partial charge in [0.05, 0.1) is 6.54 Å². The average Bonchev–Trinajstić information content (AvgIpc) is 2.88. The number of rotatable bonds is 4. The summed E-state index contributed by atoms with van der Waals surface area (Å²) in [4.78, 5) is 19.7. The summed E-state index contributed by atoms with van der Waals surface area (Å²) in [5.74, 6) is -0.0250. The van der Waals surface area contributed by atoms with Crippen LogP contribution in [0.5, 0.6) is 0 Å². The third-order valence-corrected chi connectivity index (χ3v) is 4.29. The van der Waals surface area contributed by atoms with E-state index in [-0.39, 0.29) is 5.91 Å². The molecule has 0 aliphatic heterocycles. The van der Waals surface area contributed by atoms with E-state index in [2.05, 4.69) is 11.9 Å². The average molecular weight is 289 g/mol. The van der Waals surface area contributed by atoms with Gasteiger partial charge in [0.2, 0.25) is 0 Å². The predicted octanol–water partition coefficient (Wildman–Crippen LogP) is 2.87. The molecule has 2 N–H and O–H groups in total. The van der Waals surface area contributed by atoms with Crippen LogP contribution in [0.2, 0.25) is 0 Å². The molecule has 0 saturated carbocycles. The second-order valence-electron chi connectivity index (χ2n) is 4.81. The molecule has 1 aromatic carbocycles. The van der Waals surface area contributed by atoms with E-state index in [9.17, 15) is 4.79 Å². The Labute approximate surface area is 123 Å². The highest BCUT2D eigenvalue weighted by Gasteiger charge is 2.16. The topological polar surface area (TPSA) is 59.2 Å². The van der Waals surface area contributed by atoms with Crippen LogP contribution < -0.4 is 5.73 Å². The Hall–Kier alpha value is -1.88. The van der Waals surface area contributed by atoms with Crippen LogP contribution in [-0.2, 0) is 13.0 Å². The number of hydrogen-bond donors (Lipinski definition) is 1. The lowest BCUT2D eigenvalue weighted by molar-refractivity contribution is 0.0784. The minimum absolute atomic E-state index is 0.0250. The SMILES string of the molecule is CCc1cnc(CN(C)C(=O)c2cc(N)ccc2C)s1. The number of carbonyl (C=O) groups is 1. The molecule has 0 atom stereocenters. The molecule has 1 amide bonds. The molecule has 4 nitrogen and oxygen atoms in total. The molecule has 0 aliphatic rings. The first-order valence-corrected chi connectivity index (χ1v) is 7.38. The lowest BCUT2D eigenvalue weighted by Crippen LogP contribution is -2.26. The second kappa shape index (κ2) is 6.05. The predicted molar refractivity (Wildman–Crippen MR) is 82.9 cm³/mol. The number of benzene rings is 1. The third-order valence-electron chi connectivity index (χ3n) is 3.16. The van der Waals surface area contributed by atoms with Gasteiger partial charge in [0.15, 0.2) is 0 Å². The molecular formula is C15H19N3OS. The fourth-order valence-corrected chi connectivity index (χ4v) is 2.85. The van der Waals surface area contributed by atoms with E-state index in [1.165, 1.54) is 4.88 Å². The minimum Gasteiger partial charge on any atom is -0.399 e. The quantitative estimate of drug-likeness (QED) is 0.880. The van der Waals surface area contributed by atoms with Gasteiger partial charge < -0.3 is 10.6 Å². The summed E-state index contributed by atoms with van der Waals surface area (Å²) >= 11 is 1.65.